The summed E-state index contributed by atoms with van der Waals surface area (Å²) in [6.07, 6.45) is 8.86. The number of nitrogens with zero attached hydrogens (tertiary/aromatic N) is 6. The van der Waals surface area contributed by atoms with Gasteiger partial charge in [-0.1, -0.05) is 0 Å². The van der Waals surface area contributed by atoms with Crippen molar-refractivity contribution in [3.05, 3.63) is 43.1 Å². The Labute approximate surface area is 202 Å². The Kier molecular flexibility index (Phi) is 6.23. The summed E-state index contributed by atoms with van der Waals surface area (Å²) in [7, 11) is 4.73. The maximum Gasteiger partial charge on any atom is 0.228 e. The third-order valence-electron chi connectivity index (χ3n) is 6.11. The van der Waals surface area contributed by atoms with Gasteiger partial charge in [0.2, 0.25) is 11.7 Å². The molecule has 3 aromatic heterocycles. The second-order valence-electron chi connectivity index (χ2n) is 8.11. The van der Waals surface area contributed by atoms with Crippen molar-refractivity contribution in [1.29, 1.82) is 0 Å². The molecule has 5 rings (SSSR count). The number of imidazole rings is 1. The minimum atomic E-state index is 0.0104. The lowest BCUT2D eigenvalue weighted by atomic mass is 10.2. The zero-order valence-corrected chi connectivity index (χ0v) is 19.8. The third kappa shape index (κ3) is 4.26. The Morgan fingerprint density at radius 1 is 1.11 bits per heavy atom. The molecule has 1 aliphatic rings. The van der Waals surface area contributed by atoms with Crippen LogP contribution in [0.2, 0.25) is 0 Å². The smallest absolute Gasteiger partial charge is 0.228 e. The largest absolute Gasteiger partial charge is 0.493 e. The van der Waals surface area contributed by atoms with E-state index in [1.54, 1.807) is 40.1 Å². The van der Waals surface area contributed by atoms with E-state index < -0.39 is 0 Å². The lowest BCUT2D eigenvalue weighted by Crippen LogP contribution is -2.33. The van der Waals surface area contributed by atoms with Crippen LogP contribution in [0, 0.1) is 0 Å². The number of aromatic nitrogens is 5. The standard InChI is InChI=1S/C24H27N7O4/c1-33-19-9-16(10-20(34-2)22(19)35-3)30-12-21(26-14-30)28-23-17-6-7-25-11-18(17)27-24(29-23)31-8-4-5-15(31)13-32/h6-7,9-12,14-15,32H,4-5,8,13H2,1-3H3,(H,27,28,29)/t15-/m0/s1. The van der Waals surface area contributed by atoms with E-state index in [2.05, 4.69) is 15.3 Å². The topological polar surface area (TPSA) is 120 Å². The number of methoxy groups -OCH3 is 3. The Bertz CT molecular complexity index is 1320. The number of hydrogen-bond donors (Lipinski definition) is 2. The summed E-state index contributed by atoms with van der Waals surface area (Å²) in [4.78, 5) is 20.3. The molecule has 4 heterocycles. The van der Waals surface area contributed by atoms with E-state index in [4.69, 9.17) is 24.2 Å². The number of anilines is 3. The SMILES string of the molecule is COc1cc(-n2cnc(Nc3nc(N4CCC[C@H]4CO)nc4cnccc34)c2)cc(OC)c1OC. The lowest BCUT2D eigenvalue weighted by Gasteiger charge is -2.23. The predicted octanol–water partition coefficient (Wildman–Crippen LogP) is 2.94. The van der Waals surface area contributed by atoms with Gasteiger partial charge in [0.05, 0.1) is 57.6 Å². The fourth-order valence-electron chi connectivity index (χ4n) is 4.35. The molecule has 0 saturated carbocycles. The Morgan fingerprint density at radius 2 is 1.91 bits per heavy atom. The van der Waals surface area contributed by atoms with Gasteiger partial charge in [-0.2, -0.15) is 4.98 Å². The molecule has 1 saturated heterocycles. The second kappa shape index (κ2) is 9.63. The highest BCUT2D eigenvalue weighted by Gasteiger charge is 2.27. The normalized spacial score (nSPS) is 15.4. The Hall–Kier alpha value is -4.12. The molecule has 35 heavy (non-hydrogen) atoms. The average molecular weight is 478 g/mol. The molecule has 1 aromatic carbocycles. The van der Waals surface area contributed by atoms with Gasteiger partial charge in [-0.25, -0.2) is 9.97 Å². The number of aliphatic hydroxyl groups is 1. The molecule has 2 N–H and O–H groups in total. The number of benzene rings is 1. The van der Waals surface area contributed by atoms with Crippen LogP contribution in [0.3, 0.4) is 0 Å². The number of aliphatic hydroxyl groups excluding tert-OH is 1. The summed E-state index contributed by atoms with van der Waals surface area (Å²) in [5.41, 5.74) is 1.51. The minimum Gasteiger partial charge on any atom is -0.493 e. The van der Waals surface area contributed by atoms with Crippen LogP contribution in [0.1, 0.15) is 12.8 Å². The van der Waals surface area contributed by atoms with Crippen molar-refractivity contribution < 1.29 is 19.3 Å². The first-order valence-corrected chi connectivity index (χ1v) is 11.3. The van der Waals surface area contributed by atoms with Crippen molar-refractivity contribution in [2.45, 2.75) is 18.9 Å². The van der Waals surface area contributed by atoms with E-state index in [9.17, 15) is 5.11 Å². The van der Waals surface area contributed by atoms with Gasteiger partial charge in [0.25, 0.3) is 0 Å². The quantitative estimate of drug-likeness (QED) is 0.392. The molecule has 1 fully saturated rings. The van der Waals surface area contributed by atoms with Crippen LogP contribution < -0.4 is 24.4 Å². The van der Waals surface area contributed by atoms with Gasteiger partial charge in [0.15, 0.2) is 11.5 Å². The van der Waals surface area contributed by atoms with Crippen molar-refractivity contribution in [3.8, 4) is 22.9 Å². The summed E-state index contributed by atoms with van der Waals surface area (Å²) in [6.45, 7) is 0.864. The van der Waals surface area contributed by atoms with Crippen LogP contribution in [0.15, 0.2) is 43.1 Å². The molecule has 0 aliphatic carbocycles. The van der Waals surface area contributed by atoms with Crippen LogP contribution in [0.5, 0.6) is 17.2 Å². The van der Waals surface area contributed by atoms with Crippen LogP contribution in [0.25, 0.3) is 16.6 Å². The third-order valence-corrected chi connectivity index (χ3v) is 6.11. The zero-order valence-electron chi connectivity index (χ0n) is 19.8. The van der Waals surface area contributed by atoms with Gasteiger partial charge in [-0.3, -0.25) is 4.98 Å². The highest BCUT2D eigenvalue weighted by atomic mass is 16.5. The van der Waals surface area contributed by atoms with E-state index in [1.165, 1.54) is 0 Å². The summed E-state index contributed by atoms with van der Waals surface area (Å²) < 4.78 is 18.2. The van der Waals surface area contributed by atoms with Gasteiger partial charge in [0.1, 0.15) is 18.0 Å². The first-order chi connectivity index (χ1) is 17.1. The molecule has 11 nitrogen and oxygen atoms in total. The number of rotatable bonds is 8. The molecule has 11 heteroatoms. The molecule has 0 unspecified atom stereocenters. The van der Waals surface area contributed by atoms with E-state index in [0.717, 1.165) is 30.5 Å². The molecule has 0 spiro atoms. The van der Waals surface area contributed by atoms with Crippen molar-refractivity contribution >= 4 is 28.5 Å². The fraction of sp³-hybridized carbons (Fsp3) is 0.333. The molecule has 0 radical (unpaired) electrons. The molecule has 0 bridgehead atoms. The molecule has 1 aliphatic heterocycles. The molecule has 1 atom stereocenters. The first-order valence-electron chi connectivity index (χ1n) is 11.3. The van der Waals surface area contributed by atoms with E-state index in [-0.39, 0.29) is 12.6 Å². The van der Waals surface area contributed by atoms with Crippen molar-refractivity contribution in [2.24, 2.45) is 0 Å². The van der Waals surface area contributed by atoms with E-state index in [0.29, 0.717) is 40.3 Å². The predicted molar refractivity (Wildman–Crippen MR) is 131 cm³/mol. The summed E-state index contributed by atoms with van der Waals surface area (Å²) in [5, 5.41) is 13.9. The number of fused-ring (bicyclic) bond motifs is 1. The van der Waals surface area contributed by atoms with Crippen LogP contribution >= 0.6 is 0 Å². The summed E-state index contributed by atoms with van der Waals surface area (Å²) in [5.74, 6) is 3.40. The monoisotopic (exact) mass is 477 g/mol. The number of hydrogen-bond acceptors (Lipinski definition) is 10. The van der Waals surface area contributed by atoms with Crippen molar-refractivity contribution in [3.63, 3.8) is 0 Å². The highest BCUT2D eigenvalue weighted by molar-refractivity contribution is 5.90. The first kappa shape index (κ1) is 22.7. The zero-order chi connectivity index (χ0) is 24.4. The van der Waals surface area contributed by atoms with Gasteiger partial charge in [-0.15, -0.1) is 0 Å². The second-order valence-corrected chi connectivity index (χ2v) is 8.11. The molecular weight excluding hydrogens is 450 g/mol. The van der Waals surface area contributed by atoms with Crippen molar-refractivity contribution in [2.75, 3.05) is 44.7 Å². The number of ether oxygens (including phenoxy) is 3. The maximum atomic E-state index is 9.77. The molecule has 0 amide bonds. The fourth-order valence-corrected chi connectivity index (χ4v) is 4.35. The Morgan fingerprint density at radius 3 is 2.63 bits per heavy atom. The molecule has 4 aromatic rings. The average Bonchev–Trinajstić information content (AvgIpc) is 3.57. The summed E-state index contributed by atoms with van der Waals surface area (Å²) in [6, 6.07) is 5.57. The number of pyridine rings is 1. The highest BCUT2D eigenvalue weighted by Crippen LogP contribution is 2.39. The number of nitrogens with one attached hydrogen (secondary N) is 1. The van der Waals surface area contributed by atoms with Gasteiger partial charge >= 0.3 is 0 Å². The minimum absolute atomic E-state index is 0.0104. The van der Waals surface area contributed by atoms with Crippen LogP contribution in [0.4, 0.5) is 17.6 Å². The lowest BCUT2D eigenvalue weighted by molar-refractivity contribution is 0.265. The van der Waals surface area contributed by atoms with Crippen molar-refractivity contribution in [1.82, 2.24) is 24.5 Å². The van der Waals surface area contributed by atoms with Gasteiger partial charge < -0.3 is 34.1 Å². The summed E-state index contributed by atoms with van der Waals surface area (Å²) >= 11 is 0. The van der Waals surface area contributed by atoms with Gasteiger partial charge in [0, 0.05) is 30.3 Å². The maximum absolute atomic E-state index is 9.77. The van der Waals surface area contributed by atoms with Crippen LogP contribution in [-0.4, -0.2) is 70.1 Å². The molecular formula is C24H27N7O4. The molecule has 182 valence electrons. The van der Waals surface area contributed by atoms with Crippen LogP contribution in [-0.2, 0) is 0 Å². The van der Waals surface area contributed by atoms with E-state index >= 15 is 0 Å². The Balaban J connectivity index is 1.50. The van der Waals surface area contributed by atoms with E-state index in [1.807, 2.05) is 33.9 Å². The van der Waals surface area contributed by atoms with Gasteiger partial charge in [-0.05, 0) is 18.9 Å².